The lowest BCUT2D eigenvalue weighted by Crippen LogP contribution is -1.86. The van der Waals surface area contributed by atoms with Crippen LogP contribution in [0.5, 0.6) is 0 Å². The first kappa shape index (κ1) is 12.0. The molecule has 21 heavy (non-hydrogen) atoms. The topological polar surface area (TPSA) is 41.6 Å². The first-order valence-corrected chi connectivity index (χ1v) is 6.72. The molecule has 2 heterocycles. The highest BCUT2D eigenvalue weighted by atomic mass is 19.1. The number of pyridine rings is 1. The molecular formula is C17H12FN3. The Kier molecular flexibility index (Phi) is 2.51. The third kappa shape index (κ3) is 1.88. The van der Waals surface area contributed by atoms with Crippen molar-refractivity contribution in [3.8, 4) is 11.4 Å². The third-order valence-corrected chi connectivity index (χ3v) is 3.60. The number of aryl methyl sites for hydroxylation is 1. The molecular weight excluding hydrogens is 265 g/mol. The molecule has 2 aromatic heterocycles. The van der Waals surface area contributed by atoms with Gasteiger partial charge in [0, 0.05) is 17.1 Å². The molecule has 0 aliphatic heterocycles. The summed E-state index contributed by atoms with van der Waals surface area (Å²) < 4.78 is 13.9. The minimum Gasteiger partial charge on any atom is -0.337 e. The number of hydrogen-bond acceptors (Lipinski definition) is 2. The molecule has 0 saturated carbocycles. The van der Waals surface area contributed by atoms with E-state index in [0.717, 1.165) is 22.0 Å². The second-order valence-electron chi connectivity index (χ2n) is 5.11. The van der Waals surface area contributed by atoms with Crippen molar-refractivity contribution in [1.82, 2.24) is 15.0 Å². The van der Waals surface area contributed by atoms with Crippen LogP contribution in [-0.2, 0) is 0 Å². The predicted octanol–water partition coefficient (Wildman–Crippen LogP) is 4.23. The maximum absolute atomic E-state index is 13.9. The largest absolute Gasteiger partial charge is 0.337 e. The van der Waals surface area contributed by atoms with E-state index < -0.39 is 0 Å². The highest BCUT2D eigenvalue weighted by Crippen LogP contribution is 2.29. The molecule has 0 saturated heterocycles. The Morgan fingerprint density at radius 3 is 2.71 bits per heavy atom. The summed E-state index contributed by atoms with van der Waals surface area (Å²) in [5, 5.41) is 1.44. The maximum Gasteiger partial charge on any atom is 0.178 e. The van der Waals surface area contributed by atoms with Crippen LogP contribution in [0.4, 0.5) is 4.39 Å². The fraction of sp³-hybridized carbons (Fsp3) is 0.0588. The average Bonchev–Trinajstić information content (AvgIpc) is 2.90. The average molecular weight is 277 g/mol. The van der Waals surface area contributed by atoms with Crippen molar-refractivity contribution in [2.45, 2.75) is 6.92 Å². The molecule has 0 atom stereocenters. The second-order valence-corrected chi connectivity index (χ2v) is 5.11. The van der Waals surface area contributed by atoms with Gasteiger partial charge in [-0.25, -0.2) is 14.4 Å². The van der Waals surface area contributed by atoms with Gasteiger partial charge in [-0.3, -0.25) is 0 Å². The number of H-pyrrole nitrogens is 1. The Hall–Kier alpha value is -2.75. The summed E-state index contributed by atoms with van der Waals surface area (Å²) in [6.07, 6.45) is 1.79. The van der Waals surface area contributed by atoms with Crippen LogP contribution in [0.3, 0.4) is 0 Å². The number of aromatic nitrogens is 3. The van der Waals surface area contributed by atoms with Crippen LogP contribution in [-0.4, -0.2) is 15.0 Å². The van der Waals surface area contributed by atoms with Crippen LogP contribution in [0.1, 0.15) is 5.56 Å². The van der Waals surface area contributed by atoms with Crippen LogP contribution in [0.15, 0.2) is 48.7 Å². The van der Waals surface area contributed by atoms with Crippen LogP contribution >= 0.6 is 0 Å². The molecule has 0 bridgehead atoms. The van der Waals surface area contributed by atoms with Crippen molar-refractivity contribution in [3.63, 3.8) is 0 Å². The predicted molar refractivity (Wildman–Crippen MR) is 81.5 cm³/mol. The summed E-state index contributed by atoms with van der Waals surface area (Å²) in [7, 11) is 0. The molecule has 0 unspecified atom stereocenters. The standard InChI is InChI=1S/C17H12FN3/c1-10-8-15-17(19-9-10)21-16(20-15)13-6-7-14(18)12-5-3-2-4-11(12)13/h2-9H,1H3,(H,19,20,21). The first-order chi connectivity index (χ1) is 10.2. The number of benzene rings is 2. The molecule has 1 N–H and O–H groups in total. The Labute approximate surface area is 120 Å². The quantitative estimate of drug-likeness (QED) is 0.566. The summed E-state index contributed by atoms with van der Waals surface area (Å²) in [5.74, 6) is 0.485. The monoisotopic (exact) mass is 277 g/mol. The second kappa shape index (κ2) is 4.38. The van der Waals surface area contributed by atoms with Crippen LogP contribution in [0, 0.1) is 12.7 Å². The molecule has 4 heteroatoms. The van der Waals surface area contributed by atoms with Gasteiger partial charge in [0.1, 0.15) is 11.6 Å². The first-order valence-electron chi connectivity index (χ1n) is 6.72. The highest BCUT2D eigenvalue weighted by Gasteiger charge is 2.11. The lowest BCUT2D eigenvalue weighted by atomic mass is 10.0. The van der Waals surface area contributed by atoms with E-state index in [4.69, 9.17) is 0 Å². The van der Waals surface area contributed by atoms with E-state index in [1.807, 2.05) is 31.2 Å². The molecule has 3 nitrogen and oxygen atoms in total. The van der Waals surface area contributed by atoms with Crippen molar-refractivity contribution >= 4 is 21.9 Å². The van der Waals surface area contributed by atoms with Crippen molar-refractivity contribution in [2.75, 3.05) is 0 Å². The zero-order valence-corrected chi connectivity index (χ0v) is 11.4. The summed E-state index contributed by atoms with van der Waals surface area (Å²) in [6, 6.07) is 12.6. The van der Waals surface area contributed by atoms with Crippen molar-refractivity contribution in [1.29, 1.82) is 0 Å². The number of halogens is 1. The van der Waals surface area contributed by atoms with E-state index in [-0.39, 0.29) is 5.82 Å². The molecule has 0 aliphatic carbocycles. The fourth-order valence-electron chi connectivity index (χ4n) is 2.60. The number of rotatable bonds is 1. The summed E-state index contributed by atoms with van der Waals surface area (Å²) in [5.41, 5.74) is 3.51. The zero-order valence-electron chi connectivity index (χ0n) is 11.4. The summed E-state index contributed by atoms with van der Waals surface area (Å²) >= 11 is 0. The van der Waals surface area contributed by atoms with Crippen molar-refractivity contribution < 1.29 is 4.39 Å². The van der Waals surface area contributed by atoms with Crippen LogP contribution in [0.2, 0.25) is 0 Å². The molecule has 0 amide bonds. The lowest BCUT2D eigenvalue weighted by Gasteiger charge is -2.04. The minimum atomic E-state index is -0.223. The SMILES string of the molecule is Cc1cnc2nc(-c3ccc(F)c4ccccc34)[nH]c2c1. The van der Waals surface area contributed by atoms with Gasteiger partial charge in [-0.2, -0.15) is 0 Å². The molecule has 0 fully saturated rings. The number of aromatic amines is 1. The number of nitrogens with one attached hydrogen (secondary N) is 1. The van der Waals surface area contributed by atoms with Gasteiger partial charge in [0.05, 0.1) is 5.52 Å². The van der Waals surface area contributed by atoms with Gasteiger partial charge in [0.2, 0.25) is 0 Å². The van der Waals surface area contributed by atoms with Crippen molar-refractivity contribution in [2.24, 2.45) is 0 Å². The maximum atomic E-state index is 13.9. The molecule has 4 rings (SSSR count). The van der Waals surface area contributed by atoms with Gasteiger partial charge in [-0.15, -0.1) is 0 Å². The van der Waals surface area contributed by atoms with E-state index in [9.17, 15) is 4.39 Å². The normalized spacial score (nSPS) is 11.3. The molecule has 102 valence electrons. The highest BCUT2D eigenvalue weighted by molar-refractivity contribution is 5.96. The third-order valence-electron chi connectivity index (χ3n) is 3.60. The Bertz CT molecular complexity index is 972. The van der Waals surface area contributed by atoms with Gasteiger partial charge < -0.3 is 4.98 Å². The van der Waals surface area contributed by atoms with Gasteiger partial charge in [0.15, 0.2) is 5.65 Å². The smallest absolute Gasteiger partial charge is 0.178 e. The molecule has 4 aromatic rings. The minimum absolute atomic E-state index is 0.223. The Balaban J connectivity index is 2.02. The van der Waals surface area contributed by atoms with Gasteiger partial charge in [-0.05, 0) is 36.1 Å². The summed E-state index contributed by atoms with van der Waals surface area (Å²) in [4.78, 5) is 12.1. The lowest BCUT2D eigenvalue weighted by molar-refractivity contribution is 0.640. The fourth-order valence-corrected chi connectivity index (χ4v) is 2.60. The summed E-state index contributed by atoms with van der Waals surface area (Å²) in [6.45, 7) is 1.99. The van der Waals surface area contributed by atoms with E-state index in [1.165, 1.54) is 6.07 Å². The van der Waals surface area contributed by atoms with E-state index in [1.54, 1.807) is 18.3 Å². The van der Waals surface area contributed by atoms with Crippen LogP contribution < -0.4 is 0 Å². The zero-order chi connectivity index (χ0) is 14.4. The Morgan fingerprint density at radius 2 is 1.86 bits per heavy atom. The van der Waals surface area contributed by atoms with Gasteiger partial charge in [-0.1, -0.05) is 24.3 Å². The molecule has 0 aliphatic rings. The number of fused-ring (bicyclic) bond motifs is 2. The molecule has 2 aromatic carbocycles. The van der Waals surface area contributed by atoms with Gasteiger partial charge in [0.25, 0.3) is 0 Å². The number of nitrogens with zero attached hydrogens (tertiary/aromatic N) is 2. The van der Waals surface area contributed by atoms with E-state index in [2.05, 4.69) is 15.0 Å². The van der Waals surface area contributed by atoms with Crippen LogP contribution in [0.25, 0.3) is 33.3 Å². The van der Waals surface area contributed by atoms with Gasteiger partial charge >= 0.3 is 0 Å². The number of imidazole rings is 1. The van der Waals surface area contributed by atoms with E-state index >= 15 is 0 Å². The molecule has 0 radical (unpaired) electrons. The number of hydrogen-bond donors (Lipinski definition) is 1. The Morgan fingerprint density at radius 1 is 1.05 bits per heavy atom. The van der Waals surface area contributed by atoms with Crippen molar-refractivity contribution in [3.05, 3.63) is 60.0 Å². The van der Waals surface area contributed by atoms with E-state index in [0.29, 0.717) is 16.9 Å². The molecule has 0 spiro atoms.